The molecule has 1 aromatic carbocycles. The number of rotatable bonds is 4. The third-order valence-corrected chi connectivity index (χ3v) is 8.52. The molecule has 196 valence electrons. The minimum atomic E-state index is -0.186. The van der Waals surface area contributed by atoms with Crippen LogP contribution in [0.3, 0.4) is 0 Å². The van der Waals surface area contributed by atoms with E-state index in [-0.39, 0.29) is 23.0 Å². The van der Waals surface area contributed by atoms with Crippen molar-refractivity contribution in [1.82, 2.24) is 18.9 Å². The highest BCUT2D eigenvalue weighted by Gasteiger charge is 2.28. The zero-order valence-corrected chi connectivity index (χ0v) is 22.0. The van der Waals surface area contributed by atoms with Gasteiger partial charge in [-0.25, -0.2) is 4.98 Å². The predicted molar refractivity (Wildman–Crippen MR) is 148 cm³/mol. The first-order chi connectivity index (χ1) is 18.5. The van der Waals surface area contributed by atoms with Crippen LogP contribution >= 0.6 is 0 Å². The Bertz CT molecular complexity index is 1610. The van der Waals surface area contributed by atoms with Crippen LogP contribution in [0.25, 0.3) is 16.7 Å². The van der Waals surface area contributed by atoms with Gasteiger partial charge in [0.1, 0.15) is 16.8 Å². The van der Waals surface area contributed by atoms with Crippen molar-refractivity contribution in [2.75, 3.05) is 13.1 Å². The highest BCUT2D eigenvalue weighted by Crippen LogP contribution is 2.30. The van der Waals surface area contributed by atoms with E-state index in [4.69, 9.17) is 4.98 Å². The molecule has 38 heavy (non-hydrogen) atoms. The van der Waals surface area contributed by atoms with Crippen LogP contribution in [0.1, 0.15) is 72.5 Å². The molecule has 1 saturated carbocycles. The van der Waals surface area contributed by atoms with Gasteiger partial charge in [0.2, 0.25) is 0 Å². The van der Waals surface area contributed by atoms with Gasteiger partial charge in [0, 0.05) is 25.3 Å². The van der Waals surface area contributed by atoms with E-state index in [1.807, 2.05) is 34.6 Å². The number of aryl methyl sites for hydroxylation is 1. The third-order valence-electron chi connectivity index (χ3n) is 8.52. The Hall–Kier alpha value is -3.74. The molecular formula is C31H35N5O2. The number of hydrogen-bond donors (Lipinski definition) is 1. The summed E-state index contributed by atoms with van der Waals surface area (Å²) in [4.78, 5) is 34.3. The number of likely N-dealkylation sites (tertiary alicyclic amines) is 1. The molecule has 1 aliphatic heterocycles. The van der Waals surface area contributed by atoms with Crippen LogP contribution in [0.15, 0.2) is 59.5 Å². The summed E-state index contributed by atoms with van der Waals surface area (Å²) in [6.45, 7) is 3.29. The van der Waals surface area contributed by atoms with Gasteiger partial charge in [-0.05, 0) is 68.2 Å². The summed E-state index contributed by atoms with van der Waals surface area (Å²) in [7, 11) is 0. The molecule has 7 heteroatoms. The number of fused-ring (bicyclic) bond motifs is 2. The SMILES string of the molecule is Cc1cccn2c(=O)c3cc(C(=O)N4CCC(Cc5ccccc5)CC4)c(=N)n(C4CCCCC4)c3nc12. The number of aromatic nitrogens is 3. The second kappa shape index (κ2) is 10.2. The lowest BCUT2D eigenvalue weighted by molar-refractivity contribution is 0.0687. The minimum absolute atomic E-state index is 0.0708. The molecular weight excluding hydrogens is 474 g/mol. The summed E-state index contributed by atoms with van der Waals surface area (Å²) in [5.74, 6) is 0.400. The van der Waals surface area contributed by atoms with Gasteiger partial charge < -0.3 is 9.47 Å². The number of pyridine rings is 2. The number of nitrogens with zero attached hydrogens (tertiary/aromatic N) is 4. The molecule has 1 aliphatic carbocycles. The van der Waals surface area contributed by atoms with Crippen molar-refractivity contribution >= 4 is 22.6 Å². The van der Waals surface area contributed by atoms with Gasteiger partial charge >= 0.3 is 0 Å². The van der Waals surface area contributed by atoms with Gasteiger partial charge in [-0.2, -0.15) is 0 Å². The molecule has 0 atom stereocenters. The lowest BCUT2D eigenvalue weighted by atomic mass is 9.90. The Morgan fingerprint density at radius 1 is 0.974 bits per heavy atom. The Balaban J connectivity index is 1.38. The summed E-state index contributed by atoms with van der Waals surface area (Å²) >= 11 is 0. The van der Waals surface area contributed by atoms with E-state index in [1.54, 1.807) is 16.7 Å². The number of carbonyl (C=O) groups excluding carboxylic acids is 1. The van der Waals surface area contributed by atoms with Gasteiger partial charge in [0.15, 0.2) is 0 Å². The monoisotopic (exact) mass is 509 g/mol. The zero-order chi connectivity index (χ0) is 26.2. The number of hydrogen-bond acceptors (Lipinski definition) is 4. The lowest BCUT2D eigenvalue weighted by Crippen LogP contribution is -2.43. The Labute approximate surface area is 222 Å². The fraction of sp³-hybridized carbons (Fsp3) is 0.419. The molecule has 0 bridgehead atoms. The first-order valence-corrected chi connectivity index (χ1v) is 14.0. The Morgan fingerprint density at radius 2 is 1.71 bits per heavy atom. The summed E-state index contributed by atoms with van der Waals surface area (Å²) in [5.41, 5.74) is 3.69. The van der Waals surface area contributed by atoms with Gasteiger partial charge in [0.05, 0.1) is 10.9 Å². The predicted octanol–water partition coefficient (Wildman–Crippen LogP) is 5.04. The van der Waals surface area contributed by atoms with E-state index < -0.39 is 0 Å². The van der Waals surface area contributed by atoms with E-state index >= 15 is 0 Å². The van der Waals surface area contributed by atoms with Crippen molar-refractivity contribution in [3.63, 3.8) is 0 Å². The van der Waals surface area contributed by atoms with Crippen molar-refractivity contribution in [2.45, 2.75) is 64.3 Å². The number of nitrogens with one attached hydrogen (secondary N) is 1. The lowest BCUT2D eigenvalue weighted by Gasteiger charge is -2.33. The van der Waals surface area contributed by atoms with Crippen LogP contribution < -0.4 is 11.0 Å². The van der Waals surface area contributed by atoms with Gasteiger partial charge in [-0.3, -0.25) is 19.4 Å². The molecule has 7 nitrogen and oxygen atoms in total. The number of benzene rings is 1. The van der Waals surface area contributed by atoms with E-state index in [0.29, 0.717) is 41.3 Å². The summed E-state index contributed by atoms with van der Waals surface area (Å²) in [5, 5.41) is 9.61. The van der Waals surface area contributed by atoms with E-state index in [1.165, 1.54) is 12.0 Å². The topological polar surface area (TPSA) is 83.5 Å². The maximum absolute atomic E-state index is 13.9. The van der Waals surface area contributed by atoms with Gasteiger partial charge in [-0.15, -0.1) is 0 Å². The number of amides is 1. The van der Waals surface area contributed by atoms with Crippen LogP contribution in [0, 0.1) is 18.3 Å². The Kier molecular flexibility index (Phi) is 6.60. The van der Waals surface area contributed by atoms with E-state index in [0.717, 1.165) is 50.5 Å². The first kappa shape index (κ1) is 24.6. The molecule has 1 N–H and O–H groups in total. The van der Waals surface area contributed by atoms with Crippen molar-refractivity contribution < 1.29 is 4.79 Å². The summed E-state index contributed by atoms with van der Waals surface area (Å²) < 4.78 is 3.47. The molecule has 0 radical (unpaired) electrons. The molecule has 4 aromatic rings. The number of piperidine rings is 1. The van der Waals surface area contributed by atoms with Crippen LogP contribution in [0.5, 0.6) is 0 Å². The Morgan fingerprint density at radius 3 is 2.45 bits per heavy atom. The van der Waals surface area contributed by atoms with E-state index in [2.05, 4.69) is 24.3 Å². The molecule has 0 spiro atoms. The largest absolute Gasteiger partial charge is 0.339 e. The van der Waals surface area contributed by atoms with Crippen molar-refractivity contribution in [3.05, 3.63) is 87.3 Å². The van der Waals surface area contributed by atoms with Crippen LogP contribution in [-0.2, 0) is 6.42 Å². The molecule has 2 fully saturated rings. The minimum Gasteiger partial charge on any atom is -0.339 e. The molecule has 1 amide bonds. The van der Waals surface area contributed by atoms with Crippen molar-refractivity contribution in [1.29, 1.82) is 5.41 Å². The van der Waals surface area contributed by atoms with Gasteiger partial charge in [0.25, 0.3) is 11.5 Å². The first-order valence-electron chi connectivity index (χ1n) is 14.0. The summed E-state index contributed by atoms with van der Waals surface area (Å²) in [6.07, 6.45) is 9.85. The zero-order valence-electron chi connectivity index (χ0n) is 22.0. The standard InChI is InChI=1S/C31H35N5O2/c1-21-9-8-16-35-28(21)33-29-26(31(35)38)20-25(27(32)36(29)24-12-6-3-7-13-24)30(37)34-17-14-23(15-18-34)19-22-10-4-2-5-11-22/h2,4-5,8-11,16,20,23-24,32H,3,6-7,12-15,17-19H2,1H3. The van der Waals surface area contributed by atoms with Crippen LogP contribution in [0.4, 0.5) is 0 Å². The molecule has 1 saturated heterocycles. The summed E-state index contributed by atoms with van der Waals surface area (Å²) in [6, 6.07) is 16.0. The number of carbonyl (C=O) groups is 1. The maximum atomic E-state index is 13.9. The smallest absolute Gasteiger partial charge is 0.267 e. The van der Waals surface area contributed by atoms with Crippen molar-refractivity contribution in [2.24, 2.45) is 5.92 Å². The quantitative estimate of drug-likeness (QED) is 0.391. The normalized spacial score (nSPS) is 17.3. The van der Waals surface area contributed by atoms with Crippen LogP contribution in [-0.4, -0.2) is 37.8 Å². The van der Waals surface area contributed by atoms with Gasteiger partial charge in [-0.1, -0.05) is 55.7 Å². The highest BCUT2D eigenvalue weighted by molar-refractivity contribution is 5.97. The highest BCUT2D eigenvalue weighted by atomic mass is 16.2. The average Bonchev–Trinajstić information content (AvgIpc) is 2.95. The van der Waals surface area contributed by atoms with Crippen LogP contribution in [0.2, 0.25) is 0 Å². The van der Waals surface area contributed by atoms with Crippen molar-refractivity contribution in [3.8, 4) is 0 Å². The maximum Gasteiger partial charge on any atom is 0.267 e. The molecule has 3 aromatic heterocycles. The molecule has 0 unspecified atom stereocenters. The van der Waals surface area contributed by atoms with E-state index in [9.17, 15) is 15.0 Å². The third kappa shape index (κ3) is 4.44. The molecule has 4 heterocycles. The average molecular weight is 510 g/mol. The second-order valence-electron chi connectivity index (χ2n) is 11.0. The molecule has 6 rings (SSSR count). The second-order valence-corrected chi connectivity index (χ2v) is 11.0. The fourth-order valence-electron chi connectivity index (χ4n) is 6.37. The fourth-order valence-corrected chi connectivity index (χ4v) is 6.37. The molecule has 2 aliphatic rings.